The fourth-order valence-corrected chi connectivity index (χ4v) is 2.31. The Hall–Kier alpha value is -1.20. The van der Waals surface area contributed by atoms with Crippen molar-refractivity contribution >= 4 is 15.9 Å². The van der Waals surface area contributed by atoms with E-state index in [4.69, 9.17) is 0 Å². The topological polar surface area (TPSA) is 50.9 Å². The highest BCUT2D eigenvalue weighted by Crippen LogP contribution is 2.26. The van der Waals surface area contributed by atoms with Crippen LogP contribution in [0.4, 0.5) is 0 Å². The number of hydrogen-bond donors (Lipinski definition) is 1. The molecule has 0 fully saturated rings. The number of hydrogen-bond acceptors (Lipinski definition) is 3. The summed E-state index contributed by atoms with van der Waals surface area (Å²) in [6.45, 7) is 0.843. The third-order valence-corrected chi connectivity index (χ3v) is 3.48. The van der Waals surface area contributed by atoms with Gasteiger partial charge in [-0.05, 0) is 25.0 Å². The standard InChI is InChI=1S/C12H12BrN3O/c13-9-5-3-8(4-6-9)11-14-12-10(17)2-1-7-16(12)15-11/h3-6,10,17H,1-2,7H2. The van der Waals surface area contributed by atoms with E-state index < -0.39 is 6.10 Å². The first-order valence-electron chi connectivity index (χ1n) is 5.63. The van der Waals surface area contributed by atoms with E-state index in [1.165, 1.54) is 0 Å². The minimum atomic E-state index is -0.472. The number of benzene rings is 1. The van der Waals surface area contributed by atoms with Crippen molar-refractivity contribution in [1.82, 2.24) is 14.8 Å². The summed E-state index contributed by atoms with van der Waals surface area (Å²) >= 11 is 3.40. The summed E-state index contributed by atoms with van der Waals surface area (Å²) in [6.07, 6.45) is 1.26. The molecule has 4 nitrogen and oxygen atoms in total. The second-order valence-electron chi connectivity index (χ2n) is 4.18. The van der Waals surface area contributed by atoms with Gasteiger partial charge in [0.1, 0.15) is 6.10 Å². The molecule has 0 spiro atoms. The third kappa shape index (κ3) is 2.00. The Morgan fingerprint density at radius 1 is 1.29 bits per heavy atom. The van der Waals surface area contributed by atoms with E-state index >= 15 is 0 Å². The van der Waals surface area contributed by atoms with Gasteiger partial charge in [0.05, 0.1) is 0 Å². The predicted molar refractivity (Wildman–Crippen MR) is 67.4 cm³/mol. The summed E-state index contributed by atoms with van der Waals surface area (Å²) < 4.78 is 2.84. The number of halogens is 1. The molecule has 3 rings (SSSR count). The van der Waals surface area contributed by atoms with Crippen LogP contribution in [0.3, 0.4) is 0 Å². The zero-order valence-electron chi connectivity index (χ0n) is 9.17. The van der Waals surface area contributed by atoms with Crippen molar-refractivity contribution < 1.29 is 5.11 Å². The van der Waals surface area contributed by atoms with E-state index in [0.29, 0.717) is 11.6 Å². The van der Waals surface area contributed by atoms with Gasteiger partial charge in [0.25, 0.3) is 0 Å². The molecule has 1 aromatic heterocycles. The SMILES string of the molecule is OC1CCCn2nc(-c3ccc(Br)cc3)nc21. The maximum absolute atomic E-state index is 9.83. The lowest BCUT2D eigenvalue weighted by Crippen LogP contribution is -2.16. The van der Waals surface area contributed by atoms with Gasteiger partial charge < -0.3 is 5.11 Å². The van der Waals surface area contributed by atoms with Gasteiger partial charge in [-0.3, -0.25) is 0 Å². The van der Waals surface area contributed by atoms with Crippen LogP contribution in [-0.2, 0) is 6.54 Å². The third-order valence-electron chi connectivity index (χ3n) is 2.95. The van der Waals surface area contributed by atoms with Crippen LogP contribution < -0.4 is 0 Å². The number of aliphatic hydroxyl groups is 1. The predicted octanol–water partition coefficient (Wildman–Crippen LogP) is 2.53. The second kappa shape index (κ2) is 4.23. The van der Waals surface area contributed by atoms with E-state index in [1.54, 1.807) is 0 Å². The van der Waals surface area contributed by atoms with Crippen molar-refractivity contribution in [3.05, 3.63) is 34.6 Å². The number of fused-ring (bicyclic) bond motifs is 1. The van der Waals surface area contributed by atoms with Crippen molar-refractivity contribution in [1.29, 1.82) is 0 Å². The van der Waals surface area contributed by atoms with Gasteiger partial charge in [-0.25, -0.2) is 9.67 Å². The van der Waals surface area contributed by atoms with Crippen LogP contribution in [-0.4, -0.2) is 19.9 Å². The van der Waals surface area contributed by atoms with Gasteiger partial charge in [0.15, 0.2) is 11.6 Å². The molecule has 0 bridgehead atoms. The molecular weight excluding hydrogens is 282 g/mol. The van der Waals surface area contributed by atoms with Crippen molar-refractivity contribution in [2.24, 2.45) is 0 Å². The maximum atomic E-state index is 9.83. The number of aryl methyl sites for hydroxylation is 1. The van der Waals surface area contributed by atoms with E-state index in [0.717, 1.165) is 29.4 Å². The molecule has 2 aromatic rings. The van der Waals surface area contributed by atoms with Gasteiger partial charge in [0, 0.05) is 16.6 Å². The molecule has 17 heavy (non-hydrogen) atoms. The molecule has 0 amide bonds. The van der Waals surface area contributed by atoms with E-state index in [-0.39, 0.29) is 0 Å². The van der Waals surface area contributed by atoms with Crippen LogP contribution >= 0.6 is 15.9 Å². The summed E-state index contributed by atoms with van der Waals surface area (Å²) in [5.41, 5.74) is 0.974. The smallest absolute Gasteiger partial charge is 0.181 e. The first-order chi connectivity index (χ1) is 8.24. The first-order valence-corrected chi connectivity index (χ1v) is 6.42. The molecular formula is C12H12BrN3O. The van der Waals surface area contributed by atoms with Crippen LogP contribution in [0.25, 0.3) is 11.4 Å². The molecule has 1 N–H and O–H groups in total. The lowest BCUT2D eigenvalue weighted by molar-refractivity contribution is 0.130. The summed E-state index contributed by atoms with van der Waals surface area (Å²) in [5.74, 6) is 1.38. The second-order valence-corrected chi connectivity index (χ2v) is 5.10. The van der Waals surface area contributed by atoms with Crippen molar-refractivity contribution in [2.75, 3.05) is 0 Å². The highest BCUT2D eigenvalue weighted by Gasteiger charge is 2.22. The van der Waals surface area contributed by atoms with Gasteiger partial charge in [-0.2, -0.15) is 5.10 Å². The summed E-state index contributed by atoms with van der Waals surface area (Å²) in [4.78, 5) is 4.42. The van der Waals surface area contributed by atoms with Crippen molar-refractivity contribution in [3.63, 3.8) is 0 Å². The molecule has 0 radical (unpaired) electrons. The Balaban J connectivity index is 2.02. The van der Waals surface area contributed by atoms with E-state index in [2.05, 4.69) is 26.0 Å². The molecule has 0 aliphatic carbocycles. The lowest BCUT2D eigenvalue weighted by Gasteiger charge is -2.16. The van der Waals surface area contributed by atoms with Crippen molar-refractivity contribution in [3.8, 4) is 11.4 Å². The molecule has 1 aliphatic heterocycles. The zero-order valence-corrected chi connectivity index (χ0v) is 10.8. The molecule has 1 aromatic carbocycles. The van der Waals surface area contributed by atoms with Crippen LogP contribution in [0.2, 0.25) is 0 Å². The Labute approximate surface area is 107 Å². The average Bonchev–Trinajstić information content (AvgIpc) is 2.75. The summed E-state index contributed by atoms with van der Waals surface area (Å²) in [5, 5.41) is 14.3. The zero-order chi connectivity index (χ0) is 11.8. The molecule has 88 valence electrons. The molecule has 1 unspecified atom stereocenters. The van der Waals surface area contributed by atoms with Crippen molar-refractivity contribution in [2.45, 2.75) is 25.5 Å². The summed E-state index contributed by atoms with van der Waals surface area (Å²) in [6, 6.07) is 7.87. The Bertz CT molecular complexity index is 535. The first kappa shape index (κ1) is 10.9. The van der Waals surface area contributed by atoms with Crippen LogP contribution in [0.15, 0.2) is 28.7 Å². The molecule has 0 saturated carbocycles. The number of rotatable bonds is 1. The van der Waals surface area contributed by atoms with E-state index in [9.17, 15) is 5.11 Å². The Kier molecular flexibility index (Phi) is 2.72. The fourth-order valence-electron chi connectivity index (χ4n) is 2.05. The Morgan fingerprint density at radius 3 is 2.76 bits per heavy atom. The number of aliphatic hydroxyl groups excluding tert-OH is 1. The molecule has 0 saturated heterocycles. The quantitative estimate of drug-likeness (QED) is 0.879. The highest BCUT2D eigenvalue weighted by molar-refractivity contribution is 9.10. The summed E-state index contributed by atoms with van der Waals surface area (Å²) in [7, 11) is 0. The normalized spacial score (nSPS) is 19.1. The van der Waals surface area contributed by atoms with Gasteiger partial charge in [0.2, 0.25) is 0 Å². The van der Waals surface area contributed by atoms with Crippen LogP contribution in [0.1, 0.15) is 24.8 Å². The van der Waals surface area contributed by atoms with E-state index in [1.807, 2.05) is 28.9 Å². The van der Waals surface area contributed by atoms with Gasteiger partial charge in [-0.1, -0.05) is 28.1 Å². The molecule has 1 aliphatic rings. The van der Waals surface area contributed by atoms with Crippen LogP contribution in [0.5, 0.6) is 0 Å². The fraction of sp³-hybridized carbons (Fsp3) is 0.333. The van der Waals surface area contributed by atoms with Gasteiger partial charge in [-0.15, -0.1) is 0 Å². The highest BCUT2D eigenvalue weighted by atomic mass is 79.9. The number of nitrogens with zero attached hydrogens (tertiary/aromatic N) is 3. The van der Waals surface area contributed by atoms with Crippen LogP contribution in [0, 0.1) is 0 Å². The maximum Gasteiger partial charge on any atom is 0.181 e. The molecule has 2 heterocycles. The minimum Gasteiger partial charge on any atom is -0.385 e. The molecule has 1 atom stereocenters. The minimum absolute atomic E-state index is 0.472. The number of aromatic nitrogens is 3. The lowest BCUT2D eigenvalue weighted by atomic mass is 10.1. The Morgan fingerprint density at radius 2 is 2.06 bits per heavy atom. The average molecular weight is 294 g/mol. The monoisotopic (exact) mass is 293 g/mol. The van der Waals surface area contributed by atoms with Gasteiger partial charge >= 0.3 is 0 Å². The molecule has 5 heteroatoms. The largest absolute Gasteiger partial charge is 0.385 e.